The first-order valence-corrected chi connectivity index (χ1v) is 9.25. The topological polar surface area (TPSA) is 46.2 Å². The van der Waals surface area contributed by atoms with Gasteiger partial charge in [-0.1, -0.05) is 54.1 Å². The molecule has 0 bridgehead atoms. The number of hydrogen-bond acceptors (Lipinski definition) is 2. The lowest BCUT2D eigenvalue weighted by Crippen LogP contribution is -2.30. The fourth-order valence-electron chi connectivity index (χ4n) is 2.46. The lowest BCUT2D eigenvalue weighted by molar-refractivity contribution is -0.118. The predicted octanol–water partition coefficient (Wildman–Crippen LogP) is 2.91. The molecule has 0 radical (unpaired) electrons. The van der Waals surface area contributed by atoms with Crippen LogP contribution in [0.25, 0.3) is 0 Å². The molecule has 1 amide bonds. The summed E-state index contributed by atoms with van der Waals surface area (Å²) in [6.07, 6.45) is 0.795. The molecule has 2 rings (SSSR count). The average molecular weight is 329 g/mol. The molecule has 1 N–H and O–H groups in total. The van der Waals surface area contributed by atoms with Gasteiger partial charge < -0.3 is 5.32 Å². The Morgan fingerprint density at radius 1 is 1.09 bits per heavy atom. The number of aryl methyl sites for hydroxylation is 2. The first-order valence-electron chi connectivity index (χ1n) is 7.76. The summed E-state index contributed by atoms with van der Waals surface area (Å²) in [7, 11) is -1.17. The molecule has 1 atom stereocenters. The van der Waals surface area contributed by atoms with E-state index in [1.807, 2.05) is 43.3 Å². The van der Waals surface area contributed by atoms with Crippen molar-refractivity contribution in [3.63, 3.8) is 0 Å². The van der Waals surface area contributed by atoms with Crippen LogP contribution in [-0.4, -0.2) is 22.4 Å². The van der Waals surface area contributed by atoms with Crippen LogP contribution in [-0.2, 0) is 27.8 Å². The molecular formula is C19H23NO2S. The third-order valence-electron chi connectivity index (χ3n) is 3.68. The van der Waals surface area contributed by atoms with E-state index in [4.69, 9.17) is 0 Å². The van der Waals surface area contributed by atoms with Crippen LogP contribution in [0.5, 0.6) is 0 Å². The molecule has 23 heavy (non-hydrogen) atoms. The van der Waals surface area contributed by atoms with E-state index in [0.29, 0.717) is 12.3 Å². The molecular weight excluding hydrogens is 306 g/mol. The van der Waals surface area contributed by atoms with Gasteiger partial charge in [-0.2, -0.15) is 0 Å². The highest BCUT2D eigenvalue weighted by Crippen LogP contribution is 2.08. The molecule has 0 aliphatic heterocycles. The molecule has 0 aliphatic carbocycles. The largest absolute Gasteiger partial charge is 0.355 e. The first-order chi connectivity index (χ1) is 11.0. The Morgan fingerprint density at radius 3 is 2.61 bits per heavy atom. The van der Waals surface area contributed by atoms with Gasteiger partial charge in [-0.05, 0) is 37.0 Å². The van der Waals surface area contributed by atoms with Crippen molar-refractivity contribution in [2.24, 2.45) is 0 Å². The zero-order valence-corrected chi connectivity index (χ0v) is 14.5. The number of hydrogen-bond donors (Lipinski definition) is 1. The summed E-state index contributed by atoms with van der Waals surface area (Å²) in [6.45, 7) is 4.64. The van der Waals surface area contributed by atoms with Gasteiger partial charge in [0.05, 0.1) is 0 Å². The van der Waals surface area contributed by atoms with Gasteiger partial charge in [-0.15, -0.1) is 0 Å². The predicted molar refractivity (Wildman–Crippen MR) is 95.8 cm³/mol. The third kappa shape index (κ3) is 5.99. The summed E-state index contributed by atoms with van der Waals surface area (Å²) in [5.74, 6) is 0.332. The Bertz CT molecular complexity index is 697. The van der Waals surface area contributed by atoms with Gasteiger partial charge in [-0.25, -0.2) is 0 Å². The van der Waals surface area contributed by atoms with E-state index >= 15 is 0 Å². The van der Waals surface area contributed by atoms with Gasteiger partial charge in [0.2, 0.25) is 5.91 Å². The van der Waals surface area contributed by atoms with Crippen molar-refractivity contribution in [3.8, 4) is 0 Å². The van der Waals surface area contributed by atoms with Gasteiger partial charge in [0.15, 0.2) is 0 Å². The second-order valence-corrected chi connectivity index (χ2v) is 7.20. The van der Waals surface area contributed by atoms with Crippen LogP contribution in [0, 0.1) is 13.8 Å². The van der Waals surface area contributed by atoms with Crippen LogP contribution in [0.4, 0.5) is 0 Å². The Labute approximate surface area is 140 Å². The molecule has 0 aromatic heterocycles. The van der Waals surface area contributed by atoms with E-state index in [0.717, 1.165) is 17.5 Å². The first kappa shape index (κ1) is 17.4. The summed E-state index contributed by atoms with van der Waals surface area (Å²) in [6, 6.07) is 16.0. The van der Waals surface area contributed by atoms with Crippen molar-refractivity contribution in [1.29, 1.82) is 0 Å². The van der Waals surface area contributed by atoms with Crippen LogP contribution >= 0.6 is 0 Å². The number of rotatable bonds is 7. The van der Waals surface area contributed by atoms with E-state index in [-0.39, 0.29) is 11.7 Å². The molecule has 0 spiro atoms. The molecule has 3 nitrogen and oxygen atoms in total. The minimum absolute atomic E-state index is 0.0573. The summed E-state index contributed by atoms with van der Waals surface area (Å²) in [4.78, 5) is 11.9. The minimum atomic E-state index is -1.17. The molecule has 0 aliphatic rings. The molecule has 0 heterocycles. The monoisotopic (exact) mass is 329 g/mol. The molecule has 0 saturated carbocycles. The van der Waals surface area contributed by atoms with Gasteiger partial charge in [-0.3, -0.25) is 9.00 Å². The highest BCUT2D eigenvalue weighted by molar-refractivity contribution is 7.84. The van der Waals surface area contributed by atoms with E-state index in [1.54, 1.807) is 0 Å². The van der Waals surface area contributed by atoms with Crippen LogP contribution in [0.1, 0.15) is 22.3 Å². The highest BCUT2D eigenvalue weighted by Gasteiger charge is 2.09. The Hall–Kier alpha value is -1.94. The number of nitrogens with one attached hydrogen (secondary N) is 1. The van der Waals surface area contributed by atoms with Gasteiger partial charge in [0.25, 0.3) is 0 Å². The van der Waals surface area contributed by atoms with Crippen molar-refractivity contribution in [2.45, 2.75) is 26.0 Å². The molecule has 122 valence electrons. The highest BCUT2D eigenvalue weighted by atomic mass is 32.2. The molecule has 4 heteroatoms. The Kier molecular flexibility index (Phi) is 6.53. The van der Waals surface area contributed by atoms with Gasteiger partial charge in [0, 0.05) is 23.1 Å². The average Bonchev–Trinajstić information content (AvgIpc) is 2.49. The quantitative estimate of drug-likeness (QED) is 0.849. The van der Waals surface area contributed by atoms with E-state index in [2.05, 4.69) is 24.4 Å². The van der Waals surface area contributed by atoms with Crippen molar-refractivity contribution < 1.29 is 9.00 Å². The smallest absolute Gasteiger partial charge is 0.232 e. The molecule has 0 unspecified atom stereocenters. The maximum Gasteiger partial charge on any atom is 0.232 e. The number of amides is 1. The molecule has 0 saturated heterocycles. The van der Waals surface area contributed by atoms with Crippen molar-refractivity contribution >= 4 is 16.7 Å². The second kappa shape index (κ2) is 8.63. The summed E-state index contributed by atoms with van der Waals surface area (Å²) in [5, 5.41) is 2.85. The van der Waals surface area contributed by atoms with Gasteiger partial charge in [0.1, 0.15) is 5.75 Å². The van der Waals surface area contributed by atoms with Crippen molar-refractivity contribution in [1.82, 2.24) is 5.32 Å². The van der Waals surface area contributed by atoms with Crippen LogP contribution in [0.3, 0.4) is 0 Å². The maximum atomic E-state index is 12.1. The van der Waals surface area contributed by atoms with Crippen LogP contribution in [0.15, 0.2) is 48.5 Å². The molecule has 2 aromatic carbocycles. The van der Waals surface area contributed by atoms with Crippen LogP contribution in [0.2, 0.25) is 0 Å². The minimum Gasteiger partial charge on any atom is -0.355 e. The molecule has 2 aromatic rings. The Morgan fingerprint density at radius 2 is 1.87 bits per heavy atom. The number of benzene rings is 2. The van der Waals surface area contributed by atoms with E-state index < -0.39 is 10.8 Å². The SMILES string of the molecule is Cc1cccc(C[S@](=O)CC(=O)NCCc2ccccc2C)c1. The molecule has 0 fully saturated rings. The second-order valence-electron chi connectivity index (χ2n) is 5.74. The van der Waals surface area contributed by atoms with Crippen molar-refractivity contribution in [3.05, 3.63) is 70.8 Å². The zero-order valence-electron chi connectivity index (χ0n) is 13.7. The van der Waals surface area contributed by atoms with Crippen LogP contribution < -0.4 is 5.32 Å². The van der Waals surface area contributed by atoms with Gasteiger partial charge >= 0.3 is 0 Å². The fraction of sp³-hybridized carbons (Fsp3) is 0.316. The lowest BCUT2D eigenvalue weighted by atomic mass is 10.1. The standard InChI is InChI=1S/C19H23NO2S/c1-15-6-5-8-17(12-15)13-23(22)14-19(21)20-11-10-18-9-4-3-7-16(18)2/h3-9,12H,10-11,13-14H2,1-2H3,(H,20,21)/t23-/m0/s1. The normalized spacial score (nSPS) is 11.9. The van der Waals surface area contributed by atoms with Crippen molar-refractivity contribution in [2.75, 3.05) is 12.3 Å². The van der Waals surface area contributed by atoms with E-state index in [1.165, 1.54) is 11.1 Å². The summed E-state index contributed by atoms with van der Waals surface area (Å²) in [5.41, 5.74) is 4.61. The van der Waals surface area contributed by atoms with E-state index in [9.17, 15) is 9.00 Å². The summed E-state index contributed by atoms with van der Waals surface area (Å²) < 4.78 is 12.1. The Balaban J connectivity index is 1.74. The lowest BCUT2D eigenvalue weighted by Gasteiger charge is -2.08. The summed E-state index contributed by atoms with van der Waals surface area (Å²) >= 11 is 0. The third-order valence-corrected chi connectivity index (χ3v) is 4.92. The fourth-order valence-corrected chi connectivity index (χ4v) is 3.51. The number of carbonyl (C=O) groups is 1. The maximum absolute atomic E-state index is 12.1. The zero-order chi connectivity index (χ0) is 16.7. The number of carbonyl (C=O) groups excluding carboxylic acids is 1.